The first-order valence-electron chi connectivity index (χ1n) is 5.98. The van der Waals surface area contributed by atoms with Gasteiger partial charge in [-0.3, -0.25) is 9.47 Å². The second kappa shape index (κ2) is 7.33. The molecule has 0 aliphatic carbocycles. The van der Waals surface area contributed by atoms with Crippen molar-refractivity contribution in [3.8, 4) is 0 Å². The Morgan fingerprint density at radius 1 is 0.516 bits per heavy atom. The van der Waals surface area contributed by atoms with Gasteiger partial charge < -0.3 is 4.55 Å². The molecule has 0 spiro atoms. The van der Waals surface area contributed by atoms with Crippen molar-refractivity contribution in [2.45, 2.75) is 47.7 Å². The molecule has 0 aliphatic heterocycles. The minimum atomic E-state index is -8.24. The Morgan fingerprint density at radius 3 is 1.10 bits per heavy atom. The van der Waals surface area contributed by atoms with E-state index in [1.165, 1.54) is 4.74 Å². The summed E-state index contributed by atoms with van der Waals surface area (Å²) in [5.74, 6) is -16.2. The van der Waals surface area contributed by atoms with E-state index in [0.717, 1.165) is 4.74 Å². The van der Waals surface area contributed by atoms with Crippen LogP contribution in [0.15, 0.2) is 0 Å². The van der Waals surface area contributed by atoms with Crippen LogP contribution in [0.4, 0.5) is 74.6 Å². The van der Waals surface area contributed by atoms with Crippen LogP contribution < -0.4 is 0 Å². The average molecular weight is 531 g/mol. The largest absolute Gasteiger partial charge is 0.743 e. The summed E-state index contributed by atoms with van der Waals surface area (Å²) < 4.78 is 246. The molecule has 0 heterocycles. The van der Waals surface area contributed by atoms with Crippen LogP contribution in [0.3, 0.4) is 0 Å². The van der Waals surface area contributed by atoms with E-state index in [-0.39, 0.29) is 0 Å². The third-order valence-electron chi connectivity index (χ3n) is 2.65. The molecule has 0 aromatic carbocycles. The number of ether oxygens (including phenoxy) is 2. The maximum Gasteiger partial charge on any atom is 0.463 e. The number of alkyl halides is 17. The maximum absolute atomic E-state index is 13.6. The second-order valence-electron chi connectivity index (χ2n) is 4.89. The fourth-order valence-electron chi connectivity index (χ4n) is 1.17. The van der Waals surface area contributed by atoms with Gasteiger partial charge in [0.1, 0.15) is 0 Å². The fraction of sp³-hybridized carbons (Fsp3) is 1.00. The van der Waals surface area contributed by atoms with E-state index in [4.69, 9.17) is 0 Å². The standard InChI is InChI=1S/C8HF17O5S/c9-1(10,3(12,13)14)6(21,22)29-2(11,4(15,16)17)7(23,24)30-8(25,5(18,19)20)31(26,27)28/h(H,26,27,28)/p-1. The Labute approximate surface area is 156 Å². The fourth-order valence-corrected chi connectivity index (χ4v) is 1.66. The van der Waals surface area contributed by atoms with Crippen molar-refractivity contribution >= 4 is 10.1 Å². The van der Waals surface area contributed by atoms with Gasteiger partial charge in [0.2, 0.25) is 0 Å². The predicted molar refractivity (Wildman–Crippen MR) is 52.6 cm³/mol. The van der Waals surface area contributed by atoms with Gasteiger partial charge in [-0.25, -0.2) is 8.42 Å². The monoisotopic (exact) mass is 531 g/mol. The van der Waals surface area contributed by atoms with Crippen molar-refractivity contribution < 1.29 is 97.1 Å². The molecule has 0 aromatic rings. The van der Waals surface area contributed by atoms with Crippen LogP contribution in [0.2, 0.25) is 0 Å². The Kier molecular flexibility index (Phi) is 7.01. The van der Waals surface area contributed by atoms with E-state index < -0.39 is 57.8 Å². The van der Waals surface area contributed by atoms with Gasteiger partial charge in [-0.15, -0.1) is 0 Å². The summed E-state index contributed by atoms with van der Waals surface area (Å²) in [5, 5.41) is -7.59. The number of hydrogen-bond donors (Lipinski definition) is 0. The molecule has 0 rings (SSSR count). The van der Waals surface area contributed by atoms with Crippen molar-refractivity contribution in [3.63, 3.8) is 0 Å². The highest BCUT2D eigenvalue weighted by Crippen LogP contribution is 2.56. The van der Waals surface area contributed by atoms with E-state index in [0.29, 0.717) is 0 Å². The minimum absolute atomic E-state index is 1.12. The smallest absolute Gasteiger partial charge is 0.463 e. The van der Waals surface area contributed by atoms with Crippen LogP contribution in [0.25, 0.3) is 0 Å². The Balaban J connectivity index is 6.80. The molecule has 0 radical (unpaired) electrons. The zero-order chi connectivity index (χ0) is 25.9. The van der Waals surface area contributed by atoms with Gasteiger partial charge >= 0.3 is 47.7 Å². The zero-order valence-corrected chi connectivity index (χ0v) is 13.7. The summed E-state index contributed by atoms with van der Waals surface area (Å²) >= 11 is 0. The highest BCUT2D eigenvalue weighted by molar-refractivity contribution is 7.86. The lowest BCUT2D eigenvalue weighted by Gasteiger charge is -2.40. The van der Waals surface area contributed by atoms with Crippen molar-refractivity contribution in [1.82, 2.24) is 0 Å². The molecule has 2 atom stereocenters. The quantitative estimate of drug-likeness (QED) is 0.361. The molecule has 5 nitrogen and oxygen atoms in total. The van der Waals surface area contributed by atoms with E-state index in [2.05, 4.69) is 0 Å². The summed E-state index contributed by atoms with van der Waals surface area (Å²) in [6.07, 6.45) is -39.6. The molecule has 0 bridgehead atoms. The molecular formula is C8F17O5S-. The van der Waals surface area contributed by atoms with Gasteiger partial charge in [0.05, 0.1) is 0 Å². The lowest BCUT2D eigenvalue weighted by Crippen LogP contribution is -2.68. The highest BCUT2D eigenvalue weighted by Gasteiger charge is 2.85. The number of hydrogen-bond acceptors (Lipinski definition) is 5. The van der Waals surface area contributed by atoms with Crippen LogP contribution in [0.5, 0.6) is 0 Å². The topological polar surface area (TPSA) is 75.7 Å². The summed E-state index contributed by atoms with van der Waals surface area (Å²) in [7, 11) is -8.11. The maximum atomic E-state index is 13.6. The van der Waals surface area contributed by atoms with Gasteiger partial charge in [-0.1, -0.05) is 0 Å². The summed E-state index contributed by atoms with van der Waals surface area (Å²) in [5.41, 5.74) is 0. The molecule has 2 unspecified atom stereocenters. The normalized spacial score (nSPS) is 19.7. The first kappa shape index (κ1) is 29.6. The highest BCUT2D eigenvalue weighted by atomic mass is 32.2. The first-order chi connectivity index (χ1) is 12.9. The molecule has 23 heteroatoms. The van der Waals surface area contributed by atoms with E-state index in [1.54, 1.807) is 0 Å². The van der Waals surface area contributed by atoms with Crippen LogP contribution in [0, 0.1) is 0 Å². The van der Waals surface area contributed by atoms with Crippen molar-refractivity contribution in [3.05, 3.63) is 0 Å². The summed E-state index contributed by atoms with van der Waals surface area (Å²) in [6.45, 7) is 0. The molecule has 0 fully saturated rings. The predicted octanol–water partition coefficient (Wildman–Crippen LogP) is 4.36. The third-order valence-corrected chi connectivity index (χ3v) is 3.61. The van der Waals surface area contributed by atoms with E-state index in [9.17, 15) is 87.6 Å². The molecule has 31 heavy (non-hydrogen) atoms. The van der Waals surface area contributed by atoms with E-state index in [1.807, 2.05) is 0 Å². The van der Waals surface area contributed by atoms with Crippen LogP contribution in [-0.4, -0.2) is 60.7 Å². The molecule has 188 valence electrons. The van der Waals surface area contributed by atoms with Gasteiger partial charge in [0, 0.05) is 0 Å². The van der Waals surface area contributed by atoms with Crippen molar-refractivity contribution in [1.29, 1.82) is 0 Å². The summed E-state index contributed by atoms with van der Waals surface area (Å²) in [4.78, 5) is 0. The average Bonchev–Trinajstić information content (AvgIpc) is 2.40. The molecule has 0 aliphatic rings. The number of halogens is 17. The SMILES string of the molecule is O=S(=O)([O-])C(F)(OC(F)(F)C(F)(OC(F)(F)C(F)(F)C(F)(F)F)C(F)(F)F)C(F)(F)F. The van der Waals surface area contributed by atoms with Crippen LogP contribution in [-0.2, 0) is 19.6 Å². The van der Waals surface area contributed by atoms with Gasteiger partial charge in [-0.05, 0) is 0 Å². The van der Waals surface area contributed by atoms with E-state index >= 15 is 0 Å². The lowest BCUT2D eigenvalue weighted by atomic mass is 10.2. The Bertz CT molecular complexity index is 765. The minimum Gasteiger partial charge on any atom is -0.743 e. The second-order valence-corrected chi connectivity index (χ2v) is 6.32. The van der Waals surface area contributed by atoms with Crippen molar-refractivity contribution in [2.24, 2.45) is 0 Å². The number of rotatable bonds is 7. The zero-order valence-electron chi connectivity index (χ0n) is 12.9. The third kappa shape index (κ3) is 4.86. The van der Waals surface area contributed by atoms with Gasteiger partial charge in [0.15, 0.2) is 10.1 Å². The Hall–Kier alpha value is -1.36. The molecule has 0 saturated heterocycles. The molecule has 0 saturated carbocycles. The van der Waals surface area contributed by atoms with Gasteiger partial charge in [0.25, 0.3) is 0 Å². The Morgan fingerprint density at radius 2 is 0.871 bits per heavy atom. The summed E-state index contributed by atoms with van der Waals surface area (Å²) in [6, 6.07) is 0. The van der Waals surface area contributed by atoms with Gasteiger partial charge in [-0.2, -0.15) is 74.6 Å². The molecule has 0 amide bonds. The van der Waals surface area contributed by atoms with Crippen LogP contribution in [0.1, 0.15) is 0 Å². The van der Waals surface area contributed by atoms with Crippen LogP contribution >= 0.6 is 0 Å². The molecule has 0 aromatic heterocycles. The first-order valence-corrected chi connectivity index (χ1v) is 7.39. The molecule has 0 N–H and O–H groups in total. The van der Waals surface area contributed by atoms with Crippen molar-refractivity contribution in [2.75, 3.05) is 0 Å². The molecular weight excluding hydrogens is 531 g/mol. The lowest BCUT2D eigenvalue weighted by molar-refractivity contribution is -0.546.